The van der Waals surface area contributed by atoms with Crippen LogP contribution in [0.3, 0.4) is 0 Å². The second kappa shape index (κ2) is 4.62. The fourth-order valence-electron chi connectivity index (χ4n) is 2.24. The molecule has 0 aromatic carbocycles. The molecule has 1 N–H and O–H groups in total. The SMILES string of the molecule is CC(C)C1CCCC(NS(C)(=O)=O)C1. The topological polar surface area (TPSA) is 46.2 Å². The van der Waals surface area contributed by atoms with Gasteiger partial charge in [-0.1, -0.05) is 26.7 Å². The summed E-state index contributed by atoms with van der Waals surface area (Å²) in [6.07, 6.45) is 5.64. The van der Waals surface area contributed by atoms with Crippen LogP contribution < -0.4 is 4.72 Å². The summed E-state index contributed by atoms with van der Waals surface area (Å²) in [6.45, 7) is 4.43. The lowest BCUT2D eigenvalue weighted by molar-refractivity contribution is 0.246. The Balaban J connectivity index is 2.48. The summed E-state index contributed by atoms with van der Waals surface area (Å²) < 4.78 is 24.8. The Morgan fingerprint density at radius 2 is 1.93 bits per heavy atom. The Hall–Kier alpha value is -0.0900. The third-order valence-corrected chi connectivity index (χ3v) is 3.80. The molecule has 0 saturated heterocycles. The molecule has 1 fully saturated rings. The van der Waals surface area contributed by atoms with Crippen molar-refractivity contribution in [2.75, 3.05) is 6.26 Å². The van der Waals surface area contributed by atoms with E-state index in [-0.39, 0.29) is 6.04 Å². The maximum absolute atomic E-state index is 11.1. The first-order chi connectivity index (χ1) is 6.38. The van der Waals surface area contributed by atoms with Gasteiger partial charge < -0.3 is 0 Å². The van der Waals surface area contributed by atoms with Gasteiger partial charge in [0.1, 0.15) is 0 Å². The molecule has 1 aliphatic carbocycles. The van der Waals surface area contributed by atoms with Gasteiger partial charge in [-0.3, -0.25) is 0 Å². The average Bonchev–Trinajstić information content (AvgIpc) is 2.01. The van der Waals surface area contributed by atoms with Gasteiger partial charge in [-0.25, -0.2) is 13.1 Å². The Labute approximate surface area is 87.3 Å². The van der Waals surface area contributed by atoms with Crippen molar-refractivity contribution in [3.8, 4) is 0 Å². The summed E-state index contributed by atoms with van der Waals surface area (Å²) in [5, 5.41) is 0. The lowest BCUT2D eigenvalue weighted by Crippen LogP contribution is -2.38. The molecule has 1 rings (SSSR count). The Morgan fingerprint density at radius 1 is 1.29 bits per heavy atom. The maximum Gasteiger partial charge on any atom is 0.208 e. The van der Waals surface area contributed by atoms with E-state index in [1.165, 1.54) is 12.7 Å². The van der Waals surface area contributed by atoms with Crippen LogP contribution in [0.5, 0.6) is 0 Å². The first-order valence-corrected chi connectivity index (χ1v) is 7.25. The first kappa shape index (κ1) is 12.0. The summed E-state index contributed by atoms with van der Waals surface area (Å²) in [5.41, 5.74) is 0. The lowest BCUT2D eigenvalue weighted by atomic mass is 9.80. The molecule has 0 radical (unpaired) electrons. The molecule has 4 heteroatoms. The van der Waals surface area contributed by atoms with E-state index in [4.69, 9.17) is 0 Å². The number of hydrogen-bond acceptors (Lipinski definition) is 2. The fraction of sp³-hybridized carbons (Fsp3) is 1.00. The minimum absolute atomic E-state index is 0.172. The lowest BCUT2D eigenvalue weighted by Gasteiger charge is -2.31. The van der Waals surface area contributed by atoms with Crippen LogP contribution in [-0.2, 0) is 10.0 Å². The van der Waals surface area contributed by atoms with E-state index in [1.807, 2.05) is 0 Å². The normalized spacial score (nSPS) is 29.4. The number of hydrogen-bond donors (Lipinski definition) is 1. The molecule has 0 aliphatic heterocycles. The van der Waals surface area contributed by atoms with E-state index in [2.05, 4.69) is 18.6 Å². The molecule has 0 aromatic heterocycles. The summed E-state index contributed by atoms with van der Waals surface area (Å²) in [4.78, 5) is 0. The Bertz CT molecular complexity index is 272. The quantitative estimate of drug-likeness (QED) is 0.786. The molecule has 2 atom stereocenters. The van der Waals surface area contributed by atoms with Gasteiger partial charge >= 0.3 is 0 Å². The van der Waals surface area contributed by atoms with Crippen LogP contribution in [0.4, 0.5) is 0 Å². The van der Waals surface area contributed by atoms with Gasteiger partial charge in [0.2, 0.25) is 10.0 Å². The summed E-state index contributed by atoms with van der Waals surface area (Å²) >= 11 is 0. The number of sulfonamides is 1. The molecule has 0 bridgehead atoms. The highest BCUT2D eigenvalue weighted by Crippen LogP contribution is 2.29. The van der Waals surface area contributed by atoms with Crippen molar-refractivity contribution in [3.05, 3.63) is 0 Å². The molecule has 0 spiro atoms. The van der Waals surface area contributed by atoms with Crippen molar-refractivity contribution in [3.63, 3.8) is 0 Å². The molecule has 2 unspecified atom stereocenters. The van der Waals surface area contributed by atoms with Crippen molar-refractivity contribution in [1.82, 2.24) is 4.72 Å². The predicted molar refractivity (Wildman–Crippen MR) is 58.6 cm³/mol. The predicted octanol–water partition coefficient (Wildman–Crippen LogP) is 1.75. The van der Waals surface area contributed by atoms with Gasteiger partial charge in [-0.2, -0.15) is 0 Å². The molecule has 14 heavy (non-hydrogen) atoms. The zero-order valence-electron chi connectivity index (χ0n) is 9.29. The zero-order valence-corrected chi connectivity index (χ0v) is 10.1. The average molecular weight is 219 g/mol. The highest BCUT2D eigenvalue weighted by Gasteiger charge is 2.25. The fourth-order valence-corrected chi connectivity index (χ4v) is 3.06. The number of nitrogens with one attached hydrogen (secondary N) is 1. The van der Waals surface area contributed by atoms with E-state index in [0.29, 0.717) is 11.8 Å². The van der Waals surface area contributed by atoms with Crippen molar-refractivity contribution >= 4 is 10.0 Å². The van der Waals surface area contributed by atoms with Crippen LogP contribution in [0.15, 0.2) is 0 Å². The van der Waals surface area contributed by atoms with Gasteiger partial charge in [0.15, 0.2) is 0 Å². The van der Waals surface area contributed by atoms with Crippen molar-refractivity contribution in [2.24, 2.45) is 11.8 Å². The van der Waals surface area contributed by atoms with Crippen LogP contribution in [0.25, 0.3) is 0 Å². The van der Waals surface area contributed by atoms with Crippen molar-refractivity contribution in [1.29, 1.82) is 0 Å². The van der Waals surface area contributed by atoms with Crippen LogP contribution in [0.2, 0.25) is 0 Å². The molecule has 3 nitrogen and oxygen atoms in total. The highest BCUT2D eigenvalue weighted by molar-refractivity contribution is 7.88. The monoisotopic (exact) mass is 219 g/mol. The van der Waals surface area contributed by atoms with Gasteiger partial charge in [0, 0.05) is 6.04 Å². The Morgan fingerprint density at radius 3 is 2.43 bits per heavy atom. The Kier molecular flexibility index (Phi) is 3.95. The van der Waals surface area contributed by atoms with Crippen LogP contribution in [-0.4, -0.2) is 20.7 Å². The molecule has 84 valence electrons. The van der Waals surface area contributed by atoms with E-state index >= 15 is 0 Å². The van der Waals surface area contributed by atoms with Crippen molar-refractivity contribution < 1.29 is 8.42 Å². The van der Waals surface area contributed by atoms with Gasteiger partial charge in [0.25, 0.3) is 0 Å². The van der Waals surface area contributed by atoms with E-state index in [9.17, 15) is 8.42 Å². The van der Waals surface area contributed by atoms with Gasteiger partial charge in [-0.15, -0.1) is 0 Å². The van der Waals surface area contributed by atoms with E-state index in [1.54, 1.807) is 0 Å². The van der Waals surface area contributed by atoms with Gasteiger partial charge in [0.05, 0.1) is 6.26 Å². The standard InChI is InChI=1S/C10H21NO2S/c1-8(2)9-5-4-6-10(7-9)11-14(3,12)13/h8-11H,4-7H2,1-3H3. The van der Waals surface area contributed by atoms with E-state index in [0.717, 1.165) is 19.3 Å². The summed E-state index contributed by atoms with van der Waals surface area (Å²) in [7, 11) is -3.02. The molecule has 0 aromatic rings. The van der Waals surface area contributed by atoms with Gasteiger partial charge in [-0.05, 0) is 24.7 Å². The summed E-state index contributed by atoms with van der Waals surface area (Å²) in [6, 6.07) is 0.172. The molecular formula is C10H21NO2S. The van der Waals surface area contributed by atoms with E-state index < -0.39 is 10.0 Å². The minimum atomic E-state index is -3.02. The first-order valence-electron chi connectivity index (χ1n) is 5.36. The zero-order chi connectivity index (χ0) is 10.8. The third kappa shape index (κ3) is 3.96. The second-order valence-corrected chi connectivity index (χ2v) is 6.54. The molecule has 1 aliphatic rings. The van der Waals surface area contributed by atoms with Crippen LogP contribution in [0, 0.1) is 11.8 Å². The molecule has 0 amide bonds. The molecule has 0 heterocycles. The third-order valence-electron chi connectivity index (χ3n) is 3.04. The highest BCUT2D eigenvalue weighted by atomic mass is 32.2. The van der Waals surface area contributed by atoms with Crippen LogP contribution >= 0.6 is 0 Å². The minimum Gasteiger partial charge on any atom is -0.213 e. The maximum atomic E-state index is 11.1. The largest absolute Gasteiger partial charge is 0.213 e. The molecular weight excluding hydrogens is 198 g/mol. The smallest absolute Gasteiger partial charge is 0.208 e. The second-order valence-electron chi connectivity index (χ2n) is 4.76. The number of rotatable bonds is 3. The molecule has 1 saturated carbocycles. The van der Waals surface area contributed by atoms with Crippen LogP contribution in [0.1, 0.15) is 39.5 Å². The van der Waals surface area contributed by atoms with Crippen molar-refractivity contribution in [2.45, 2.75) is 45.6 Å². The summed E-state index contributed by atoms with van der Waals surface area (Å²) in [5.74, 6) is 1.35.